The number of pyridine rings is 1. The van der Waals surface area contributed by atoms with E-state index in [-0.39, 0.29) is 41.5 Å². The molecule has 0 spiro atoms. The number of carbonyl (C=O) groups excluding carboxylic acids is 1. The van der Waals surface area contributed by atoms with Gasteiger partial charge in [0, 0.05) is 39.6 Å². The van der Waals surface area contributed by atoms with Crippen LogP contribution < -0.4 is 10.2 Å². The zero-order valence-corrected chi connectivity index (χ0v) is 20.8. The third kappa shape index (κ3) is 4.55. The molecule has 0 unspecified atom stereocenters. The van der Waals surface area contributed by atoms with Crippen molar-refractivity contribution in [3.8, 4) is 23.0 Å². The summed E-state index contributed by atoms with van der Waals surface area (Å²) in [6.07, 6.45) is 2.49. The van der Waals surface area contributed by atoms with Gasteiger partial charge in [-0.15, -0.1) is 0 Å². The maximum absolute atomic E-state index is 14.7. The van der Waals surface area contributed by atoms with Crippen molar-refractivity contribution >= 4 is 11.7 Å². The minimum atomic E-state index is -0.553. The first kappa shape index (κ1) is 25.3. The maximum Gasteiger partial charge on any atom is 0.255 e. The molecule has 1 aromatic carbocycles. The molecule has 2 aliphatic rings. The predicted octanol–water partition coefficient (Wildman–Crippen LogP) is 3.45. The maximum atomic E-state index is 14.7. The normalized spacial score (nSPS) is 18.7. The Bertz CT molecular complexity index is 1300. The molecular formula is C26H29FN6O3. The van der Waals surface area contributed by atoms with Gasteiger partial charge in [0.2, 0.25) is 0 Å². The summed E-state index contributed by atoms with van der Waals surface area (Å²) >= 11 is 0. The van der Waals surface area contributed by atoms with E-state index in [1.807, 2.05) is 26.0 Å². The van der Waals surface area contributed by atoms with Crippen molar-refractivity contribution < 1.29 is 18.7 Å². The fourth-order valence-corrected chi connectivity index (χ4v) is 4.61. The van der Waals surface area contributed by atoms with Crippen molar-refractivity contribution in [3.63, 3.8) is 0 Å². The van der Waals surface area contributed by atoms with Crippen molar-refractivity contribution in [2.75, 3.05) is 32.2 Å². The number of halogens is 1. The highest BCUT2D eigenvalue weighted by Crippen LogP contribution is 2.32. The van der Waals surface area contributed by atoms with Gasteiger partial charge in [-0.25, -0.2) is 14.1 Å². The van der Waals surface area contributed by atoms with E-state index in [1.165, 1.54) is 18.2 Å². The van der Waals surface area contributed by atoms with Crippen LogP contribution in [0.3, 0.4) is 0 Å². The van der Waals surface area contributed by atoms with Crippen molar-refractivity contribution in [2.45, 2.75) is 39.0 Å². The summed E-state index contributed by atoms with van der Waals surface area (Å²) in [4.78, 5) is 19.2. The first-order valence-electron chi connectivity index (χ1n) is 11.9. The Balaban J connectivity index is 0.00000148. The van der Waals surface area contributed by atoms with Crippen molar-refractivity contribution in [2.24, 2.45) is 0 Å². The molecule has 0 saturated carbocycles. The second-order valence-corrected chi connectivity index (χ2v) is 8.21. The Morgan fingerprint density at radius 2 is 1.94 bits per heavy atom. The van der Waals surface area contributed by atoms with Gasteiger partial charge < -0.3 is 19.7 Å². The molecule has 4 heterocycles. The quantitative estimate of drug-likeness (QED) is 0.582. The van der Waals surface area contributed by atoms with Crippen LogP contribution in [-0.2, 0) is 16.0 Å². The highest BCUT2D eigenvalue weighted by atomic mass is 19.1. The second-order valence-electron chi connectivity index (χ2n) is 8.21. The van der Waals surface area contributed by atoms with E-state index in [2.05, 4.69) is 15.2 Å². The molecule has 0 bridgehead atoms. The number of nitrogens with zero attached hydrogens (tertiary/aromatic N) is 5. The average Bonchev–Trinajstić information content (AvgIpc) is 3.56. The van der Waals surface area contributed by atoms with Crippen LogP contribution >= 0.6 is 0 Å². The van der Waals surface area contributed by atoms with Crippen molar-refractivity contribution in [3.05, 3.63) is 59.2 Å². The zero-order valence-electron chi connectivity index (χ0n) is 20.8. The number of benzene rings is 1. The van der Waals surface area contributed by atoms with Crippen LogP contribution in [0.1, 0.15) is 41.9 Å². The van der Waals surface area contributed by atoms with E-state index in [4.69, 9.17) is 14.6 Å². The lowest BCUT2D eigenvalue weighted by atomic mass is 10.0. The number of nitrogens with one attached hydrogen (secondary N) is 1. The molecule has 0 aliphatic carbocycles. The Kier molecular flexibility index (Phi) is 7.62. The van der Waals surface area contributed by atoms with Crippen molar-refractivity contribution in [1.82, 2.24) is 20.1 Å². The number of rotatable bonds is 5. The monoisotopic (exact) mass is 492 g/mol. The van der Waals surface area contributed by atoms with Gasteiger partial charge in [-0.3, -0.25) is 4.79 Å². The number of carbonyl (C=O) groups is 1. The Morgan fingerprint density at radius 1 is 1.17 bits per heavy atom. The van der Waals surface area contributed by atoms with Crippen LogP contribution in [-0.4, -0.2) is 60.2 Å². The number of fused-ring (bicyclic) bond motifs is 1. The minimum absolute atomic E-state index is 0.0214. The second kappa shape index (κ2) is 10.8. The van der Waals surface area contributed by atoms with Gasteiger partial charge in [0.05, 0.1) is 52.5 Å². The summed E-state index contributed by atoms with van der Waals surface area (Å²) in [6, 6.07) is 9.80. The number of ether oxygens (including phenoxy) is 2. The van der Waals surface area contributed by atoms with Crippen LogP contribution in [0.25, 0.3) is 16.9 Å². The standard InChI is InChI=1S/C24H23FN6O3.C2H6/c1-33-19-6-8-30(13-20(19)34-2)21-7-9-31(29-21)18-10-16(28-17-12-27-24(32)23(17)18)22-14(11-26)4-3-5-15(22)25;1-2/h3-5,7,9-10,19-20H,6,8,12-13H2,1-2H3,(H,27,32);1-2H3/t19-,20+;/m1./s1. The zero-order chi connectivity index (χ0) is 25.8. The fraction of sp³-hybridized carbons (Fsp3) is 0.385. The average molecular weight is 493 g/mol. The number of anilines is 1. The van der Waals surface area contributed by atoms with Gasteiger partial charge in [0.15, 0.2) is 5.82 Å². The van der Waals surface area contributed by atoms with Gasteiger partial charge in [0.1, 0.15) is 11.9 Å². The molecule has 3 aromatic rings. The van der Waals surface area contributed by atoms with Gasteiger partial charge in [-0.05, 0) is 24.6 Å². The Morgan fingerprint density at radius 3 is 2.67 bits per heavy atom. The Labute approximate surface area is 209 Å². The highest BCUT2D eigenvalue weighted by Gasteiger charge is 2.31. The number of hydrogen-bond acceptors (Lipinski definition) is 7. The molecule has 36 heavy (non-hydrogen) atoms. The molecule has 5 rings (SSSR count). The third-order valence-electron chi connectivity index (χ3n) is 6.36. The smallest absolute Gasteiger partial charge is 0.255 e. The molecule has 10 heteroatoms. The Hall–Kier alpha value is -3.81. The van der Waals surface area contributed by atoms with Gasteiger partial charge >= 0.3 is 0 Å². The summed E-state index contributed by atoms with van der Waals surface area (Å²) in [5.41, 5.74) is 1.90. The SMILES string of the molecule is CC.CO[C@H]1CN(c2ccn(-c3cc(-c4c(F)cccc4C#N)nc4c3C(=O)NC4)n2)CC[C@H]1OC. The van der Waals surface area contributed by atoms with Crippen LogP contribution in [0.4, 0.5) is 10.2 Å². The van der Waals surface area contributed by atoms with E-state index >= 15 is 0 Å². The summed E-state index contributed by atoms with van der Waals surface area (Å²) < 4.78 is 27.4. The van der Waals surface area contributed by atoms with Crippen LogP contribution in [0.5, 0.6) is 0 Å². The van der Waals surface area contributed by atoms with E-state index < -0.39 is 5.82 Å². The minimum Gasteiger partial charge on any atom is -0.379 e. The van der Waals surface area contributed by atoms with Crippen LogP contribution in [0.2, 0.25) is 0 Å². The molecule has 9 nitrogen and oxygen atoms in total. The topological polar surface area (TPSA) is 105 Å². The largest absolute Gasteiger partial charge is 0.379 e. The van der Waals surface area contributed by atoms with Gasteiger partial charge in [-0.2, -0.15) is 10.4 Å². The number of piperidine rings is 1. The summed E-state index contributed by atoms with van der Waals surface area (Å²) in [5, 5.41) is 17.0. The highest BCUT2D eigenvalue weighted by molar-refractivity contribution is 6.01. The first-order chi connectivity index (χ1) is 17.5. The number of hydrogen-bond donors (Lipinski definition) is 1. The third-order valence-corrected chi connectivity index (χ3v) is 6.36. The van der Waals surface area contributed by atoms with Crippen molar-refractivity contribution in [1.29, 1.82) is 5.26 Å². The van der Waals surface area contributed by atoms with Crippen LogP contribution in [0, 0.1) is 17.1 Å². The lowest BCUT2D eigenvalue weighted by Crippen LogP contribution is -2.48. The number of methoxy groups -OCH3 is 2. The number of amides is 1. The molecule has 1 saturated heterocycles. The molecular weight excluding hydrogens is 463 g/mol. The summed E-state index contributed by atoms with van der Waals surface area (Å²) in [5.74, 6) is -0.0938. The first-order valence-corrected chi connectivity index (χ1v) is 11.9. The summed E-state index contributed by atoms with van der Waals surface area (Å²) in [6.45, 7) is 5.59. The molecule has 188 valence electrons. The molecule has 2 aliphatic heterocycles. The summed E-state index contributed by atoms with van der Waals surface area (Å²) in [7, 11) is 3.35. The molecule has 0 radical (unpaired) electrons. The van der Waals surface area contributed by atoms with Crippen LogP contribution in [0.15, 0.2) is 36.5 Å². The molecule has 1 N–H and O–H groups in total. The lowest BCUT2D eigenvalue weighted by molar-refractivity contribution is -0.0442. The number of nitriles is 1. The van der Waals surface area contributed by atoms with Gasteiger partial charge in [-0.1, -0.05) is 19.9 Å². The van der Waals surface area contributed by atoms with E-state index in [0.29, 0.717) is 23.5 Å². The molecule has 1 fully saturated rings. The molecule has 1 amide bonds. The van der Waals surface area contributed by atoms with E-state index in [0.717, 1.165) is 18.8 Å². The van der Waals surface area contributed by atoms with E-state index in [9.17, 15) is 14.4 Å². The molecule has 2 atom stereocenters. The molecule has 2 aromatic heterocycles. The lowest BCUT2D eigenvalue weighted by Gasteiger charge is -2.37. The predicted molar refractivity (Wildman–Crippen MR) is 132 cm³/mol. The number of aromatic nitrogens is 3. The van der Waals surface area contributed by atoms with Gasteiger partial charge in [0.25, 0.3) is 5.91 Å². The fourth-order valence-electron chi connectivity index (χ4n) is 4.61. The van der Waals surface area contributed by atoms with E-state index in [1.54, 1.807) is 31.2 Å².